The number of anilines is 1. The molecule has 5 nitrogen and oxygen atoms in total. The summed E-state index contributed by atoms with van der Waals surface area (Å²) < 4.78 is 0. The van der Waals surface area contributed by atoms with Crippen LogP contribution in [0.4, 0.5) is 5.82 Å². The number of aromatic nitrogens is 3. The van der Waals surface area contributed by atoms with E-state index in [-0.39, 0.29) is 0 Å². The Morgan fingerprint density at radius 1 is 1.21 bits per heavy atom. The molecular weight excluding hydrogens is 238 g/mol. The Bertz CT molecular complexity index is 568. The summed E-state index contributed by atoms with van der Waals surface area (Å²) in [7, 11) is 0. The molecule has 1 aliphatic heterocycles. The molecule has 98 valence electrons. The lowest BCUT2D eigenvalue weighted by Gasteiger charge is -2.10. The van der Waals surface area contributed by atoms with Gasteiger partial charge in [0.2, 0.25) is 0 Å². The van der Waals surface area contributed by atoms with E-state index in [9.17, 15) is 0 Å². The van der Waals surface area contributed by atoms with Crippen LogP contribution >= 0.6 is 0 Å². The summed E-state index contributed by atoms with van der Waals surface area (Å²) in [5.74, 6) is 1.80. The molecule has 0 saturated carbocycles. The van der Waals surface area contributed by atoms with Crippen molar-refractivity contribution in [2.24, 2.45) is 0 Å². The predicted molar refractivity (Wildman–Crippen MR) is 73.7 cm³/mol. The summed E-state index contributed by atoms with van der Waals surface area (Å²) >= 11 is 0. The number of nitrogens with one attached hydrogen (secondary N) is 2. The van der Waals surface area contributed by atoms with Crippen LogP contribution in [-0.2, 0) is 19.5 Å². The topological polar surface area (TPSA) is 62.7 Å². The molecule has 3 rings (SSSR count). The molecule has 0 bridgehead atoms. The second-order valence-electron chi connectivity index (χ2n) is 4.68. The third kappa shape index (κ3) is 2.71. The third-order valence-corrected chi connectivity index (χ3v) is 3.25. The fourth-order valence-electron chi connectivity index (χ4n) is 2.31. The summed E-state index contributed by atoms with van der Waals surface area (Å²) in [6.45, 7) is 4.50. The molecule has 2 aromatic heterocycles. The second-order valence-corrected chi connectivity index (χ2v) is 4.68. The van der Waals surface area contributed by atoms with Crippen LogP contribution in [0.2, 0.25) is 0 Å². The van der Waals surface area contributed by atoms with Crippen molar-refractivity contribution < 1.29 is 0 Å². The first kappa shape index (κ1) is 12.0. The van der Waals surface area contributed by atoms with Crippen molar-refractivity contribution in [3.8, 4) is 0 Å². The lowest BCUT2D eigenvalue weighted by molar-refractivity contribution is 0.757. The van der Waals surface area contributed by atoms with Gasteiger partial charge in [0.25, 0.3) is 0 Å². The molecule has 0 radical (unpaired) electrons. The van der Waals surface area contributed by atoms with Crippen molar-refractivity contribution in [2.75, 3.05) is 11.9 Å². The van der Waals surface area contributed by atoms with Gasteiger partial charge in [-0.1, -0.05) is 0 Å². The van der Waals surface area contributed by atoms with Gasteiger partial charge in [0.1, 0.15) is 11.6 Å². The average Bonchev–Trinajstić information content (AvgIpc) is 2.88. The molecule has 0 atom stereocenters. The van der Waals surface area contributed by atoms with Gasteiger partial charge in [0, 0.05) is 37.6 Å². The summed E-state index contributed by atoms with van der Waals surface area (Å²) in [5.41, 5.74) is 3.61. The predicted octanol–water partition coefficient (Wildman–Crippen LogP) is 1.44. The van der Waals surface area contributed by atoms with Gasteiger partial charge >= 0.3 is 0 Å². The Kier molecular flexibility index (Phi) is 3.37. The maximum Gasteiger partial charge on any atom is 0.134 e. The van der Waals surface area contributed by atoms with Gasteiger partial charge in [-0.3, -0.25) is 4.98 Å². The Labute approximate surface area is 112 Å². The molecular formula is C14H17N5. The van der Waals surface area contributed by atoms with Crippen molar-refractivity contribution >= 4 is 5.82 Å². The molecule has 1 aliphatic rings. The largest absolute Gasteiger partial charge is 0.369 e. The Hall–Kier alpha value is -2.01. The minimum atomic E-state index is 0.828. The number of nitrogens with zero attached hydrogens (tertiary/aromatic N) is 3. The molecule has 0 fully saturated rings. The van der Waals surface area contributed by atoms with Crippen LogP contribution in [0.1, 0.15) is 22.6 Å². The molecule has 0 amide bonds. The lowest BCUT2D eigenvalue weighted by Crippen LogP contribution is -2.10. The highest BCUT2D eigenvalue weighted by Gasteiger charge is 2.17. The van der Waals surface area contributed by atoms with E-state index in [4.69, 9.17) is 0 Å². The normalized spacial score (nSPS) is 13.3. The van der Waals surface area contributed by atoms with E-state index in [0.29, 0.717) is 0 Å². The summed E-state index contributed by atoms with van der Waals surface area (Å²) in [4.78, 5) is 13.0. The molecule has 2 N–H and O–H groups in total. The minimum absolute atomic E-state index is 0.828. The number of aryl methyl sites for hydroxylation is 1. The average molecular weight is 255 g/mol. The van der Waals surface area contributed by atoms with Crippen LogP contribution in [0.3, 0.4) is 0 Å². The lowest BCUT2D eigenvalue weighted by atomic mass is 10.2. The van der Waals surface area contributed by atoms with E-state index in [1.807, 2.05) is 31.5 Å². The number of pyridine rings is 1. The Morgan fingerprint density at radius 2 is 2.05 bits per heavy atom. The molecule has 0 aromatic carbocycles. The van der Waals surface area contributed by atoms with Crippen LogP contribution in [0.5, 0.6) is 0 Å². The zero-order chi connectivity index (χ0) is 13.1. The third-order valence-electron chi connectivity index (χ3n) is 3.25. The van der Waals surface area contributed by atoms with Gasteiger partial charge in [-0.15, -0.1) is 0 Å². The first-order valence-electron chi connectivity index (χ1n) is 6.53. The minimum Gasteiger partial charge on any atom is -0.369 e. The van der Waals surface area contributed by atoms with Gasteiger partial charge in [0.05, 0.1) is 5.69 Å². The van der Waals surface area contributed by atoms with E-state index >= 15 is 0 Å². The quantitative estimate of drug-likeness (QED) is 0.865. The highest BCUT2D eigenvalue weighted by Crippen LogP contribution is 2.20. The van der Waals surface area contributed by atoms with Gasteiger partial charge in [-0.05, 0) is 31.0 Å². The van der Waals surface area contributed by atoms with E-state index in [1.165, 1.54) is 11.1 Å². The number of fused-ring (bicyclic) bond motifs is 1. The summed E-state index contributed by atoms with van der Waals surface area (Å²) in [6.07, 6.45) is 4.62. The molecule has 3 heterocycles. The van der Waals surface area contributed by atoms with Gasteiger partial charge in [-0.25, -0.2) is 9.97 Å². The van der Waals surface area contributed by atoms with Crippen LogP contribution in [0, 0.1) is 6.92 Å². The van der Waals surface area contributed by atoms with E-state index < -0.39 is 0 Å². The maximum absolute atomic E-state index is 4.50. The van der Waals surface area contributed by atoms with Gasteiger partial charge in [0.15, 0.2) is 0 Å². The van der Waals surface area contributed by atoms with Crippen LogP contribution in [0.25, 0.3) is 0 Å². The van der Waals surface area contributed by atoms with E-state index in [1.54, 1.807) is 0 Å². The first-order chi connectivity index (χ1) is 9.33. The van der Waals surface area contributed by atoms with Crippen molar-refractivity contribution in [3.63, 3.8) is 0 Å². The van der Waals surface area contributed by atoms with Crippen LogP contribution < -0.4 is 10.6 Å². The molecule has 0 spiro atoms. The highest BCUT2D eigenvalue weighted by molar-refractivity contribution is 5.48. The van der Waals surface area contributed by atoms with Gasteiger partial charge < -0.3 is 10.6 Å². The van der Waals surface area contributed by atoms with E-state index in [2.05, 4.69) is 25.6 Å². The summed E-state index contributed by atoms with van der Waals surface area (Å²) in [5, 5.41) is 6.74. The number of hydrogen-bond acceptors (Lipinski definition) is 5. The maximum atomic E-state index is 4.50. The van der Waals surface area contributed by atoms with Crippen molar-refractivity contribution in [2.45, 2.75) is 26.4 Å². The zero-order valence-corrected chi connectivity index (χ0v) is 11.0. The van der Waals surface area contributed by atoms with Crippen molar-refractivity contribution in [1.29, 1.82) is 0 Å². The van der Waals surface area contributed by atoms with Crippen molar-refractivity contribution in [3.05, 3.63) is 47.2 Å². The second kappa shape index (κ2) is 5.32. The van der Waals surface area contributed by atoms with Crippen LogP contribution in [-0.4, -0.2) is 21.5 Å². The molecule has 19 heavy (non-hydrogen) atoms. The smallest absolute Gasteiger partial charge is 0.134 e. The monoisotopic (exact) mass is 255 g/mol. The SMILES string of the molecule is Cc1nc2c(c(NCCc3ccncc3)n1)CNC2. The number of hydrogen-bond donors (Lipinski definition) is 2. The standard InChI is InChI=1S/C14H17N5/c1-10-18-13-9-16-8-12(13)14(19-10)17-7-4-11-2-5-15-6-3-11/h2-3,5-6,16H,4,7-9H2,1H3,(H,17,18,19). The fraction of sp³-hybridized carbons (Fsp3) is 0.357. The van der Waals surface area contributed by atoms with E-state index in [0.717, 1.165) is 43.4 Å². The Morgan fingerprint density at radius 3 is 2.89 bits per heavy atom. The first-order valence-corrected chi connectivity index (χ1v) is 6.53. The molecule has 0 unspecified atom stereocenters. The number of rotatable bonds is 4. The highest BCUT2D eigenvalue weighted by atomic mass is 15.1. The summed E-state index contributed by atoms with van der Waals surface area (Å²) in [6, 6.07) is 4.08. The molecule has 0 saturated heterocycles. The Balaban J connectivity index is 1.67. The fourth-order valence-corrected chi connectivity index (χ4v) is 2.31. The molecule has 5 heteroatoms. The molecule has 2 aromatic rings. The zero-order valence-electron chi connectivity index (χ0n) is 11.0. The van der Waals surface area contributed by atoms with Gasteiger partial charge in [-0.2, -0.15) is 0 Å². The molecule has 0 aliphatic carbocycles. The van der Waals surface area contributed by atoms with Crippen LogP contribution in [0.15, 0.2) is 24.5 Å². The van der Waals surface area contributed by atoms with Crippen molar-refractivity contribution in [1.82, 2.24) is 20.3 Å².